The monoisotopic (exact) mass is 381 g/mol. The molecule has 2 amide bonds. The van der Waals surface area contributed by atoms with Crippen molar-refractivity contribution in [2.24, 2.45) is 0 Å². The molecule has 4 heteroatoms. The molecule has 1 N–H and O–H groups in total. The van der Waals surface area contributed by atoms with E-state index in [2.05, 4.69) is 11.8 Å². The van der Waals surface area contributed by atoms with E-state index in [0.717, 1.165) is 11.1 Å². The van der Waals surface area contributed by atoms with Crippen LogP contribution in [0.15, 0.2) is 72.8 Å². The summed E-state index contributed by atoms with van der Waals surface area (Å²) in [6.07, 6.45) is 0. The second-order valence-corrected chi connectivity index (χ2v) is 7.43. The number of fused-ring (bicyclic) bond motifs is 1. The summed E-state index contributed by atoms with van der Waals surface area (Å²) in [5.74, 6) is 4.85. The topological polar surface area (TPSA) is 57.6 Å². The minimum absolute atomic E-state index is 0.322. The summed E-state index contributed by atoms with van der Waals surface area (Å²) in [6, 6.07) is 22.1. The zero-order valence-electron chi connectivity index (χ0n) is 16.1. The molecule has 142 valence electrons. The number of nitrogens with zero attached hydrogens (tertiary/aromatic N) is 1. The molecular formula is C25H19NO3. The lowest BCUT2D eigenvalue weighted by atomic mass is 10.0. The Hall–Kier alpha value is -3.68. The number of anilines is 1. The highest BCUT2D eigenvalue weighted by atomic mass is 16.3. The Morgan fingerprint density at radius 2 is 1.48 bits per heavy atom. The van der Waals surface area contributed by atoms with Gasteiger partial charge in [-0.25, -0.2) is 4.90 Å². The second kappa shape index (κ2) is 7.05. The molecule has 0 aromatic heterocycles. The minimum atomic E-state index is -1.14. The van der Waals surface area contributed by atoms with Gasteiger partial charge in [0, 0.05) is 5.56 Å². The van der Waals surface area contributed by atoms with Crippen LogP contribution in [0.25, 0.3) is 11.1 Å². The molecule has 4 rings (SSSR count). The Labute approximate surface area is 169 Å². The number of hydrogen-bond acceptors (Lipinski definition) is 3. The third kappa shape index (κ3) is 3.69. The molecule has 0 spiro atoms. The van der Waals surface area contributed by atoms with Gasteiger partial charge in [0.2, 0.25) is 0 Å². The van der Waals surface area contributed by atoms with Gasteiger partial charge in [-0.2, -0.15) is 0 Å². The summed E-state index contributed by atoms with van der Waals surface area (Å²) in [7, 11) is 0. The van der Waals surface area contributed by atoms with E-state index in [4.69, 9.17) is 0 Å². The molecule has 29 heavy (non-hydrogen) atoms. The van der Waals surface area contributed by atoms with Gasteiger partial charge in [0.05, 0.1) is 16.8 Å². The van der Waals surface area contributed by atoms with Crippen molar-refractivity contribution in [3.8, 4) is 23.0 Å². The Morgan fingerprint density at radius 1 is 0.793 bits per heavy atom. The van der Waals surface area contributed by atoms with Crippen LogP contribution >= 0.6 is 0 Å². The maximum absolute atomic E-state index is 13.0. The van der Waals surface area contributed by atoms with Gasteiger partial charge in [-0.3, -0.25) is 9.59 Å². The lowest BCUT2D eigenvalue weighted by molar-refractivity contribution is 0.0926. The zero-order valence-corrected chi connectivity index (χ0v) is 16.1. The molecule has 1 aliphatic rings. The number of amides is 2. The van der Waals surface area contributed by atoms with E-state index in [0.29, 0.717) is 22.4 Å². The first-order valence-electron chi connectivity index (χ1n) is 9.27. The molecule has 1 aliphatic heterocycles. The van der Waals surface area contributed by atoms with Gasteiger partial charge in [0.15, 0.2) is 0 Å². The molecule has 3 aromatic carbocycles. The average Bonchev–Trinajstić information content (AvgIpc) is 2.96. The summed E-state index contributed by atoms with van der Waals surface area (Å²) in [4.78, 5) is 27.1. The molecule has 0 atom stereocenters. The first kappa shape index (κ1) is 18.7. The van der Waals surface area contributed by atoms with Gasteiger partial charge >= 0.3 is 0 Å². The summed E-state index contributed by atoms with van der Waals surface area (Å²) >= 11 is 0. The normalized spacial score (nSPS) is 13.1. The number of rotatable bonds is 2. The molecule has 0 fully saturated rings. The van der Waals surface area contributed by atoms with Crippen LogP contribution in [0.1, 0.15) is 40.1 Å². The Morgan fingerprint density at radius 3 is 2.21 bits per heavy atom. The smallest absolute Gasteiger partial charge is 0.266 e. The van der Waals surface area contributed by atoms with Gasteiger partial charge < -0.3 is 5.11 Å². The van der Waals surface area contributed by atoms with Crippen molar-refractivity contribution in [1.29, 1.82) is 0 Å². The fourth-order valence-electron chi connectivity index (χ4n) is 3.23. The first-order chi connectivity index (χ1) is 13.8. The molecule has 0 radical (unpaired) electrons. The lowest BCUT2D eigenvalue weighted by Gasteiger charge is -2.15. The lowest BCUT2D eigenvalue weighted by Crippen LogP contribution is -2.29. The Balaban J connectivity index is 1.71. The molecule has 0 saturated heterocycles. The van der Waals surface area contributed by atoms with Crippen LogP contribution in [0.2, 0.25) is 0 Å². The average molecular weight is 381 g/mol. The van der Waals surface area contributed by atoms with E-state index in [1.165, 1.54) is 4.90 Å². The van der Waals surface area contributed by atoms with Crippen LogP contribution in [0, 0.1) is 11.8 Å². The quantitative estimate of drug-likeness (QED) is 0.533. The highest BCUT2D eigenvalue weighted by molar-refractivity contribution is 6.34. The molecular weight excluding hydrogens is 362 g/mol. The van der Waals surface area contributed by atoms with Crippen LogP contribution in [-0.2, 0) is 0 Å². The molecule has 4 nitrogen and oxygen atoms in total. The van der Waals surface area contributed by atoms with Crippen LogP contribution in [0.3, 0.4) is 0 Å². The van der Waals surface area contributed by atoms with Gasteiger partial charge in [0.25, 0.3) is 11.8 Å². The molecule has 0 bridgehead atoms. The van der Waals surface area contributed by atoms with Crippen molar-refractivity contribution in [2.45, 2.75) is 19.4 Å². The predicted octanol–water partition coefficient (Wildman–Crippen LogP) is 4.28. The van der Waals surface area contributed by atoms with Gasteiger partial charge in [0.1, 0.15) is 5.60 Å². The van der Waals surface area contributed by atoms with E-state index < -0.39 is 5.60 Å². The molecule has 0 unspecified atom stereocenters. The largest absolute Gasteiger partial charge is 0.378 e. The standard InChI is InChI=1S/C25H19NO3/c1-25(2,29)14-13-17-11-12-21-22(15-17)24(28)26(23(21)27)20-10-6-9-19(16-20)18-7-4-3-5-8-18/h3-12,15-16,29H,1-2H3. The number of aliphatic hydroxyl groups is 1. The maximum atomic E-state index is 13.0. The number of benzene rings is 3. The molecule has 0 aliphatic carbocycles. The third-order valence-corrected chi connectivity index (χ3v) is 4.61. The highest BCUT2D eigenvalue weighted by Gasteiger charge is 2.36. The number of hydrogen-bond donors (Lipinski definition) is 1. The van der Waals surface area contributed by atoms with Crippen LogP contribution in [-0.4, -0.2) is 22.5 Å². The molecule has 3 aromatic rings. The maximum Gasteiger partial charge on any atom is 0.266 e. The van der Waals surface area contributed by atoms with Crippen molar-refractivity contribution in [2.75, 3.05) is 4.90 Å². The summed E-state index contributed by atoms with van der Waals surface area (Å²) in [5.41, 5.74) is 2.58. The van der Waals surface area contributed by atoms with Crippen molar-refractivity contribution in [3.63, 3.8) is 0 Å². The predicted molar refractivity (Wildman–Crippen MR) is 113 cm³/mol. The summed E-state index contributed by atoms with van der Waals surface area (Å²) in [5, 5.41) is 9.77. The van der Waals surface area contributed by atoms with Crippen molar-refractivity contribution < 1.29 is 14.7 Å². The van der Waals surface area contributed by atoms with E-state index in [9.17, 15) is 14.7 Å². The number of imide groups is 1. The SMILES string of the molecule is CC(C)(O)C#Cc1ccc2c(c1)C(=O)N(c1cccc(-c3ccccc3)c1)C2=O. The van der Waals surface area contributed by atoms with E-state index in [1.54, 1.807) is 38.1 Å². The van der Waals surface area contributed by atoms with Crippen LogP contribution in [0.4, 0.5) is 5.69 Å². The van der Waals surface area contributed by atoms with Gasteiger partial charge in [-0.05, 0) is 55.3 Å². The first-order valence-corrected chi connectivity index (χ1v) is 9.27. The van der Waals surface area contributed by atoms with Gasteiger partial charge in [-0.15, -0.1) is 0 Å². The van der Waals surface area contributed by atoms with Crippen LogP contribution < -0.4 is 4.90 Å². The molecule has 0 saturated carbocycles. The van der Waals surface area contributed by atoms with E-state index in [-0.39, 0.29) is 11.8 Å². The molecule has 1 heterocycles. The Bertz CT molecular complexity index is 1180. The summed E-state index contributed by atoms with van der Waals surface area (Å²) < 4.78 is 0. The second-order valence-electron chi connectivity index (χ2n) is 7.43. The van der Waals surface area contributed by atoms with Gasteiger partial charge in [-0.1, -0.05) is 54.3 Å². The minimum Gasteiger partial charge on any atom is -0.378 e. The summed E-state index contributed by atoms with van der Waals surface area (Å²) in [6.45, 7) is 3.17. The van der Waals surface area contributed by atoms with E-state index in [1.807, 2.05) is 48.5 Å². The number of carbonyl (C=O) groups is 2. The van der Waals surface area contributed by atoms with Crippen molar-refractivity contribution >= 4 is 17.5 Å². The fraction of sp³-hybridized carbons (Fsp3) is 0.120. The van der Waals surface area contributed by atoms with Crippen molar-refractivity contribution in [1.82, 2.24) is 0 Å². The third-order valence-electron chi connectivity index (χ3n) is 4.61. The Kier molecular flexibility index (Phi) is 4.54. The van der Waals surface area contributed by atoms with Crippen LogP contribution in [0.5, 0.6) is 0 Å². The zero-order chi connectivity index (χ0) is 20.6. The van der Waals surface area contributed by atoms with Crippen molar-refractivity contribution in [3.05, 3.63) is 89.5 Å². The number of carbonyl (C=O) groups excluding carboxylic acids is 2. The fourth-order valence-corrected chi connectivity index (χ4v) is 3.23. The van der Waals surface area contributed by atoms with E-state index >= 15 is 0 Å². The highest BCUT2D eigenvalue weighted by Crippen LogP contribution is 2.31.